The molecule has 2 heterocycles. The number of aromatic nitrogens is 2. The summed E-state index contributed by atoms with van der Waals surface area (Å²) >= 11 is 6.36. The molecule has 1 aromatic carbocycles. The van der Waals surface area contributed by atoms with Crippen molar-refractivity contribution >= 4 is 46.9 Å². The van der Waals surface area contributed by atoms with Crippen LogP contribution in [0.15, 0.2) is 59.0 Å². The van der Waals surface area contributed by atoms with Gasteiger partial charge in [0.25, 0.3) is 0 Å². The number of likely N-dealkylation sites (tertiary alicyclic amines) is 1. The van der Waals surface area contributed by atoms with Crippen molar-refractivity contribution < 1.29 is 4.79 Å². The van der Waals surface area contributed by atoms with Crippen molar-refractivity contribution in [1.29, 1.82) is 0 Å². The van der Waals surface area contributed by atoms with E-state index in [-0.39, 0.29) is 11.9 Å². The molecule has 2 aliphatic rings. The predicted octanol–water partition coefficient (Wildman–Crippen LogP) is 5.08. The molecule has 5 N–H and O–H groups in total. The van der Waals surface area contributed by atoms with Crippen LogP contribution in [-0.4, -0.2) is 53.2 Å². The number of amides is 1. The lowest BCUT2D eigenvalue weighted by atomic mass is 9.94. The van der Waals surface area contributed by atoms with Gasteiger partial charge >= 0.3 is 0 Å². The lowest BCUT2D eigenvalue weighted by Gasteiger charge is -2.26. The van der Waals surface area contributed by atoms with Crippen LogP contribution in [0.2, 0.25) is 5.02 Å². The second kappa shape index (κ2) is 13.2. The Bertz CT molecular complexity index is 1160. The maximum Gasteiger partial charge on any atom is 0.248 e. The zero-order valence-corrected chi connectivity index (χ0v) is 22.0. The summed E-state index contributed by atoms with van der Waals surface area (Å²) in [5.41, 5.74) is 9.04. The van der Waals surface area contributed by atoms with Crippen molar-refractivity contribution in [2.24, 2.45) is 10.7 Å². The highest BCUT2D eigenvalue weighted by Crippen LogP contribution is 2.26. The minimum absolute atomic E-state index is 0.108. The monoisotopic (exact) mass is 522 g/mol. The molecule has 10 heteroatoms. The van der Waals surface area contributed by atoms with Crippen LogP contribution < -0.4 is 21.7 Å². The fourth-order valence-corrected chi connectivity index (χ4v) is 4.55. The minimum atomic E-state index is -0.108. The first-order chi connectivity index (χ1) is 18.0. The van der Waals surface area contributed by atoms with Gasteiger partial charge in [0.2, 0.25) is 11.9 Å². The molecule has 1 amide bonds. The highest BCUT2D eigenvalue weighted by molar-refractivity contribution is 6.32. The Kier molecular flexibility index (Phi) is 9.51. The fraction of sp³-hybridized carbons (Fsp3) is 0.407. The van der Waals surface area contributed by atoms with Crippen LogP contribution in [-0.2, 0) is 4.79 Å². The number of carbonyl (C=O) groups is 1. The van der Waals surface area contributed by atoms with Crippen LogP contribution in [0.5, 0.6) is 0 Å². The first-order valence-corrected chi connectivity index (χ1v) is 13.2. The highest BCUT2D eigenvalue weighted by atomic mass is 35.5. The Labute approximate surface area is 223 Å². The Hall–Kier alpha value is -3.43. The van der Waals surface area contributed by atoms with E-state index in [0.29, 0.717) is 28.2 Å². The van der Waals surface area contributed by atoms with Gasteiger partial charge in [-0.3, -0.25) is 9.79 Å². The predicted molar refractivity (Wildman–Crippen MR) is 151 cm³/mol. The van der Waals surface area contributed by atoms with Crippen molar-refractivity contribution in [2.45, 2.75) is 51.0 Å². The molecule has 2 fully saturated rings. The van der Waals surface area contributed by atoms with Gasteiger partial charge in [-0.1, -0.05) is 29.7 Å². The number of anilines is 4. The van der Waals surface area contributed by atoms with E-state index in [1.807, 2.05) is 24.3 Å². The standard InChI is InChI=1S/C27H35ClN8O/c1-36-12-10-20(11-13-36)30-17-23(16-29)34-27-31-18-24(28)26(35-27)33-22-9-5-8-21(15-22)32-25(37)14-19-6-3-2-4-7-19/h5,8-9,14-18,20H,2-4,6-7,10-13,29H2,1H3,(H,32,37)(H2,31,33,34,35). The van der Waals surface area contributed by atoms with Crippen molar-refractivity contribution in [3.8, 4) is 0 Å². The van der Waals surface area contributed by atoms with Crippen molar-refractivity contribution in [3.63, 3.8) is 0 Å². The van der Waals surface area contributed by atoms with E-state index >= 15 is 0 Å². The van der Waals surface area contributed by atoms with E-state index in [2.05, 4.69) is 42.9 Å². The van der Waals surface area contributed by atoms with Crippen molar-refractivity contribution in [3.05, 3.63) is 59.0 Å². The molecule has 1 saturated carbocycles. The lowest BCUT2D eigenvalue weighted by molar-refractivity contribution is -0.112. The molecular formula is C27H35ClN8O. The van der Waals surface area contributed by atoms with Crippen LogP contribution in [0.25, 0.3) is 0 Å². The highest BCUT2D eigenvalue weighted by Gasteiger charge is 2.15. The van der Waals surface area contributed by atoms with Crippen molar-refractivity contribution in [1.82, 2.24) is 14.9 Å². The van der Waals surface area contributed by atoms with Gasteiger partial charge in [0.05, 0.1) is 17.9 Å². The summed E-state index contributed by atoms with van der Waals surface area (Å²) in [5, 5.41) is 9.61. The van der Waals surface area contributed by atoms with Crippen LogP contribution in [0, 0.1) is 0 Å². The summed E-state index contributed by atoms with van der Waals surface area (Å²) in [5.74, 6) is 0.654. The summed E-state index contributed by atoms with van der Waals surface area (Å²) in [6, 6.07) is 7.69. The molecule has 1 saturated heterocycles. The Morgan fingerprint density at radius 1 is 1.16 bits per heavy atom. The number of rotatable bonds is 8. The van der Waals surface area contributed by atoms with Gasteiger partial charge in [0, 0.05) is 29.9 Å². The normalized spacial score (nSPS) is 17.6. The fourth-order valence-electron chi connectivity index (χ4n) is 4.42. The average Bonchev–Trinajstić information content (AvgIpc) is 2.90. The quantitative estimate of drug-likeness (QED) is 0.282. The number of carbonyl (C=O) groups excluding carboxylic acids is 1. The molecule has 37 heavy (non-hydrogen) atoms. The summed E-state index contributed by atoms with van der Waals surface area (Å²) < 4.78 is 0. The number of nitrogens with two attached hydrogens (primary N) is 1. The molecule has 0 unspecified atom stereocenters. The van der Waals surface area contributed by atoms with Crippen LogP contribution in [0.1, 0.15) is 44.9 Å². The first-order valence-electron chi connectivity index (χ1n) is 12.8. The van der Waals surface area contributed by atoms with Gasteiger partial charge in [0.15, 0.2) is 5.82 Å². The number of hydrogen-bond acceptors (Lipinski definition) is 8. The number of halogens is 1. The van der Waals surface area contributed by atoms with Crippen LogP contribution in [0.3, 0.4) is 0 Å². The van der Waals surface area contributed by atoms with Gasteiger partial charge in [-0.15, -0.1) is 0 Å². The zero-order chi connectivity index (χ0) is 26.0. The van der Waals surface area contributed by atoms with E-state index in [1.54, 1.807) is 12.3 Å². The smallest absolute Gasteiger partial charge is 0.248 e. The van der Waals surface area contributed by atoms with Gasteiger partial charge in [-0.05, 0) is 76.9 Å². The Balaban J connectivity index is 1.38. The van der Waals surface area contributed by atoms with Crippen LogP contribution >= 0.6 is 11.6 Å². The molecule has 4 rings (SSSR count). The van der Waals surface area contributed by atoms with Gasteiger partial charge < -0.3 is 26.6 Å². The molecule has 1 aliphatic heterocycles. The van der Waals surface area contributed by atoms with Gasteiger partial charge in [0.1, 0.15) is 5.02 Å². The third-order valence-corrected chi connectivity index (χ3v) is 6.79. The molecule has 196 valence electrons. The van der Waals surface area contributed by atoms with Gasteiger partial charge in [-0.25, -0.2) is 4.98 Å². The van der Waals surface area contributed by atoms with E-state index in [9.17, 15) is 4.79 Å². The summed E-state index contributed by atoms with van der Waals surface area (Å²) in [6.45, 7) is 2.07. The van der Waals surface area contributed by atoms with Gasteiger partial charge in [-0.2, -0.15) is 4.98 Å². The molecule has 0 spiro atoms. The molecule has 0 bridgehead atoms. The SMILES string of the molecule is CN1CCC(N=CC(=CN)Nc2ncc(Cl)c(Nc3cccc(NC(=O)C=C4CCCCC4)c3)n2)CC1. The largest absolute Gasteiger partial charge is 0.403 e. The first kappa shape index (κ1) is 26.6. The number of piperidine rings is 1. The molecule has 1 aromatic heterocycles. The second-order valence-corrected chi connectivity index (χ2v) is 9.92. The molecule has 0 atom stereocenters. The maximum absolute atomic E-state index is 12.5. The Morgan fingerprint density at radius 2 is 1.92 bits per heavy atom. The maximum atomic E-state index is 12.5. The third-order valence-electron chi connectivity index (χ3n) is 6.52. The third kappa shape index (κ3) is 8.30. The second-order valence-electron chi connectivity index (χ2n) is 9.51. The molecular weight excluding hydrogens is 488 g/mol. The molecule has 9 nitrogen and oxygen atoms in total. The minimum Gasteiger partial charge on any atom is -0.403 e. The number of nitrogens with one attached hydrogen (secondary N) is 3. The average molecular weight is 523 g/mol. The molecule has 1 aliphatic carbocycles. The number of hydrogen-bond donors (Lipinski definition) is 4. The lowest BCUT2D eigenvalue weighted by Crippen LogP contribution is -2.32. The topological polar surface area (TPSA) is 121 Å². The number of nitrogens with zero attached hydrogens (tertiary/aromatic N) is 4. The number of aliphatic imine (C=N–C) groups is 1. The molecule has 0 radical (unpaired) electrons. The number of allylic oxidation sites excluding steroid dienone is 2. The summed E-state index contributed by atoms with van der Waals surface area (Å²) in [6.07, 6.45) is 14.0. The van der Waals surface area contributed by atoms with E-state index in [1.165, 1.54) is 24.4 Å². The van der Waals surface area contributed by atoms with E-state index < -0.39 is 0 Å². The van der Waals surface area contributed by atoms with Crippen LogP contribution in [0.4, 0.5) is 23.1 Å². The zero-order valence-electron chi connectivity index (χ0n) is 21.2. The number of benzene rings is 1. The summed E-state index contributed by atoms with van der Waals surface area (Å²) in [4.78, 5) is 28.2. The summed E-state index contributed by atoms with van der Waals surface area (Å²) in [7, 11) is 2.12. The van der Waals surface area contributed by atoms with E-state index in [4.69, 9.17) is 17.3 Å². The van der Waals surface area contributed by atoms with E-state index in [0.717, 1.165) is 57.3 Å². The molecule has 2 aromatic rings. The van der Waals surface area contributed by atoms with Crippen molar-refractivity contribution in [2.75, 3.05) is 36.1 Å². The Morgan fingerprint density at radius 3 is 2.68 bits per heavy atom.